The summed E-state index contributed by atoms with van der Waals surface area (Å²) in [6, 6.07) is 10.5. The number of ketones is 2. The molecule has 33 heavy (non-hydrogen) atoms. The van der Waals surface area contributed by atoms with Gasteiger partial charge in [-0.3, -0.25) is 9.59 Å². The highest BCUT2D eigenvalue weighted by atomic mass is 32.1. The molecule has 3 heterocycles. The maximum Gasteiger partial charge on any atom is 0.358 e. The van der Waals surface area contributed by atoms with Crippen LogP contribution in [0, 0.1) is 0 Å². The van der Waals surface area contributed by atoms with Crippen LogP contribution in [0.5, 0.6) is 5.75 Å². The summed E-state index contributed by atoms with van der Waals surface area (Å²) in [4.78, 5) is 42.7. The molecule has 1 aliphatic heterocycles. The number of carbonyl (C=O) groups excluding carboxylic acids is 3. The van der Waals surface area contributed by atoms with Crippen molar-refractivity contribution in [2.45, 2.75) is 51.7 Å². The van der Waals surface area contributed by atoms with Gasteiger partial charge in [-0.25, -0.2) is 9.78 Å². The number of fused-ring (bicyclic) bond motifs is 1. The van der Waals surface area contributed by atoms with Gasteiger partial charge in [0.1, 0.15) is 16.4 Å². The number of benzene rings is 1. The van der Waals surface area contributed by atoms with Gasteiger partial charge in [-0.15, -0.1) is 11.3 Å². The second kappa shape index (κ2) is 8.94. The van der Waals surface area contributed by atoms with Crippen LogP contribution in [0.15, 0.2) is 42.6 Å². The second-order valence-corrected chi connectivity index (χ2v) is 10.0. The molecule has 0 radical (unpaired) electrons. The van der Waals surface area contributed by atoms with E-state index in [1.807, 2.05) is 45.0 Å². The number of esters is 1. The van der Waals surface area contributed by atoms with Crippen molar-refractivity contribution in [3.8, 4) is 16.2 Å². The van der Waals surface area contributed by atoms with E-state index in [2.05, 4.69) is 4.98 Å². The molecule has 0 fully saturated rings. The SMILES string of the molecule is COC(=O)c1nc(CC(=O)C2CCC(=O)c3cccn32)sc1-c1ccc(OC(C)(C)C)cc1. The zero-order valence-corrected chi connectivity index (χ0v) is 19.9. The third kappa shape index (κ3) is 4.90. The Morgan fingerprint density at radius 1 is 1.18 bits per heavy atom. The number of rotatable bonds is 6. The molecule has 0 amide bonds. The molecule has 1 atom stereocenters. The standard InChI is InChI=1S/C25H26N2O5S/c1-25(2,3)32-16-9-7-15(8-10-16)23-22(24(30)31-4)26-21(33-23)14-20(29)18-11-12-19(28)17-6-5-13-27(17)18/h5-10,13,18H,11-12,14H2,1-4H3. The molecule has 1 unspecified atom stereocenters. The first-order chi connectivity index (χ1) is 15.7. The zero-order chi connectivity index (χ0) is 23.8. The van der Waals surface area contributed by atoms with Gasteiger partial charge in [0.25, 0.3) is 0 Å². The van der Waals surface area contributed by atoms with E-state index in [1.165, 1.54) is 18.4 Å². The van der Waals surface area contributed by atoms with Gasteiger partial charge >= 0.3 is 5.97 Å². The van der Waals surface area contributed by atoms with Crippen molar-refractivity contribution in [2.24, 2.45) is 0 Å². The molecule has 4 rings (SSSR count). The molecule has 0 aliphatic carbocycles. The Labute approximate surface area is 196 Å². The zero-order valence-electron chi connectivity index (χ0n) is 19.1. The molecule has 0 saturated carbocycles. The smallest absolute Gasteiger partial charge is 0.358 e. The fourth-order valence-corrected chi connectivity index (χ4v) is 4.99. The minimum atomic E-state index is -0.550. The summed E-state index contributed by atoms with van der Waals surface area (Å²) in [5.74, 6) is 0.184. The molecule has 1 aromatic carbocycles. The molecule has 8 heteroatoms. The lowest BCUT2D eigenvalue weighted by molar-refractivity contribution is -0.121. The van der Waals surface area contributed by atoms with Gasteiger partial charge in [-0.1, -0.05) is 0 Å². The van der Waals surface area contributed by atoms with Crippen LogP contribution in [0.1, 0.15) is 65.6 Å². The molecule has 0 N–H and O–H groups in total. The van der Waals surface area contributed by atoms with E-state index in [4.69, 9.17) is 9.47 Å². The average molecular weight is 467 g/mol. The first-order valence-corrected chi connectivity index (χ1v) is 11.6. The Hall–Kier alpha value is -3.26. The Balaban J connectivity index is 1.60. The molecule has 0 saturated heterocycles. The minimum absolute atomic E-state index is 0.0365. The highest BCUT2D eigenvalue weighted by Gasteiger charge is 2.30. The van der Waals surface area contributed by atoms with Crippen LogP contribution in [0.25, 0.3) is 10.4 Å². The van der Waals surface area contributed by atoms with E-state index >= 15 is 0 Å². The maximum absolute atomic E-state index is 13.1. The maximum atomic E-state index is 13.1. The number of hydrogen-bond donors (Lipinski definition) is 0. The molecule has 0 bridgehead atoms. The van der Waals surface area contributed by atoms with Crippen LogP contribution in [-0.4, -0.2) is 39.8 Å². The normalized spacial score (nSPS) is 15.8. The topological polar surface area (TPSA) is 87.5 Å². The van der Waals surface area contributed by atoms with E-state index in [-0.39, 0.29) is 29.3 Å². The highest BCUT2D eigenvalue weighted by molar-refractivity contribution is 7.15. The summed E-state index contributed by atoms with van der Waals surface area (Å²) in [5.41, 5.74) is 1.23. The van der Waals surface area contributed by atoms with Gasteiger partial charge in [0, 0.05) is 12.6 Å². The fourth-order valence-electron chi connectivity index (χ4n) is 3.92. The van der Waals surface area contributed by atoms with Crippen molar-refractivity contribution in [1.82, 2.24) is 9.55 Å². The summed E-state index contributed by atoms with van der Waals surface area (Å²) < 4.78 is 12.5. The number of ether oxygens (including phenoxy) is 2. The van der Waals surface area contributed by atoms with Gasteiger partial charge in [-0.2, -0.15) is 0 Å². The molecule has 0 spiro atoms. The minimum Gasteiger partial charge on any atom is -0.488 e. The summed E-state index contributed by atoms with van der Waals surface area (Å²) in [6.07, 6.45) is 2.66. The van der Waals surface area contributed by atoms with Crippen LogP contribution < -0.4 is 4.74 Å². The van der Waals surface area contributed by atoms with Crippen molar-refractivity contribution >= 4 is 28.9 Å². The molecule has 1 aliphatic rings. The average Bonchev–Trinajstić information content (AvgIpc) is 3.41. The summed E-state index contributed by atoms with van der Waals surface area (Å²) in [6.45, 7) is 5.92. The van der Waals surface area contributed by atoms with E-state index in [0.717, 1.165) is 11.3 Å². The molecule has 2 aromatic heterocycles. The van der Waals surface area contributed by atoms with E-state index < -0.39 is 12.0 Å². The van der Waals surface area contributed by atoms with Gasteiger partial charge in [0.2, 0.25) is 0 Å². The number of thiazole rings is 1. The second-order valence-electron chi connectivity index (χ2n) is 8.94. The van der Waals surface area contributed by atoms with Crippen molar-refractivity contribution in [2.75, 3.05) is 7.11 Å². The highest BCUT2D eigenvalue weighted by Crippen LogP contribution is 2.34. The molecule has 7 nitrogen and oxygen atoms in total. The number of hydrogen-bond acceptors (Lipinski definition) is 7. The van der Waals surface area contributed by atoms with Crippen LogP contribution in [0.3, 0.4) is 0 Å². The number of methoxy groups -OCH3 is 1. The first-order valence-electron chi connectivity index (χ1n) is 10.8. The predicted molar refractivity (Wildman–Crippen MR) is 125 cm³/mol. The number of aromatic nitrogens is 2. The Bertz CT molecular complexity index is 1200. The van der Waals surface area contributed by atoms with Crippen molar-refractivity contribution < 1.29 is 23.9 Å². The Kier molecular flexibility index (Phi) is 6.21. The number of nitrogens with zero attached hydrogens (tertiary/aromatic N) is 2. The lowest BCUT2D eigenvalue weighted by Gasteiger charge is -2.24. The Morgan fingerprint density at radius 3 is 2.58 bits per heavy atom. The number of Topliss-reactive ketones (excluding diaryl/α,β-unsaturated/α-hetero) is 2. The van der Waals surface area contributed by atoms with Crippen molar-refractivity contribution in [3.63, 3.8) is 0 Å². The van der Waals surface area contributed by atoms with E-state index in [1.54, 1.807) is 22.9 Å². The van der Waals surface area contributed by atoms with Crippen LogP contribution in [0.4, 0.5) is 0 Å². The Morgan fingerprint density at radius 2 is 1.91 bits per heavy atom. The third-order valence-corrected chi connectivity index (χ3v) is 6.44. The molecule has 3 aromatic rings. The lowest BCUT2D eigenvalue weighted by Crippen LogP contribution is -2.28. The summed E-state index contributed by atoms with van der Waals surface area (Å²) >= 11 is 1.30. The van der Waals surface area contributed by atoms with Gasteiger partial charge in [0.15, 0.2) is 17.3 Å². The van der Waals surface area contributed by atoms with Crippen molar-refractivity contribution in [1.29, 1.82) is 0 Å². The van der Waals surface area contributed by atoms with E-state index in [0.29, 0.717) is 28.4 Å². The van der Waals surface area contributed by atoms with Gasteiger partial charge in [-0.05, 0) is 69.2 Å². The quantitative estimate of drug-likeness (QED) is 0.480. The molecular formula is C25H26N2O5S. The largest absolute Gasteiger partial charge is 0.488 e. The van der Waals surface area contributed by atoms with Gasteiger partial charge in [0.05, 0.1) is 30.1 Å². The predicted octanol–water partition coefficient (Wildman–Crippen LogP) is 4.90. The van der Waals surface area contributed by atoms with Crippen LogP contribution in [0.2, 0.25) is 0 Å². The number of carbonyl (C=O) groups is 3. The van der Waals surface area contributed by atoms with Gasteiger partial charge < -0.3 is 14.0 Å². The first kappa shape index (κ1) is 22.9. The molecule has 172 valence electrons. The monoisotopic (exact) mass is 466 g/mol. The van der Waals surface area contributed by atoms with Crippen LogP contribution >= 0.6 is 11.3 Å². The van der Waals surface area contributed by atoms with E-state index in [9.17, 15) is 14.4 Å². The van der Waals surface area contributed by atoms with Crippen molar-refractivity contribution in [3.05, 3.63) is 59.0 Å². The molecular weight excluding hydrogens is 440 g/mol. The summed E-state index contributed by atoms with van der Waals surface area (Å²) in [5, 5.41) is 0.538. The third-order valence-electron chi connectivity index (χ3n) is 5.33. The lowest BCUT2D eigenvalue weighted by atomic mass is 9.97. The van der Waals surface area contributed by atoms with Crippen LogP contribution in [-0.2, 0) is 16.0 Å². The fraction of sp³-hybridized carbons (Fsp3) is 0.360. The summed E-state index contributed by atoms with van der Waals surface area (Å²) in [7, 11) is 1.31.